The summed E-state index contributed by atoms with van der Waals surface area (Å²) in [6.07, 6.45) is 8.66. The van der Waals surface area contributed by atoms with E-state index in [1.54, 1.807) is 0 Å². The Labute approximate surface area is 175 Å². The van der Waals surface area contributed by atoms with Crippen LogP contribution in [0.15, 0.2) is 22.9 Å². The van der Waals surface area contributed by atoms with Crippen molar-refractivity contribution in [2.24, 2.45) is 0 Å². The van der Waals surface area contributed by atoms with Crippen molar-refractivity contribution in [1.82, 2.24) is 0 Å². The van der Waals surface area contributed by atoms with Gasteiger partial charge in [0, 0.05) is 20.5 Å². The van der Waals surface area contributed by atoms with Gasteiger partial charge in [-0.05, 0) is 25.0 Å². The maximum atomic E-state index is 12.1. The molecule has 0 radical (unpaired) electrons. The molecule has 0 unspecified atom stereocenters. The van der Waals surface area contributed by atoms with E-state index in [0.717, 1.165) is 48.3 Å². The zero-order valence-electron chi connectivity index (χ0n) is 16.8. The van der Waals surface area contributed by atoms with Crippen LogP contribution in [0.2, 0.25) is 0 Å². The van der Waals surface area contributed by atoms with Gasteiger partial charge in [-0.2, -0.15) is 0 Å². The lowest BCUT2D eigenvalue weighted by Gasteiger charge is -2.02. The summed E-state index contributed by atoms with van der Waals surface area (Å²) in [5.41, 5.74) is 1.15. The summed E-state index contributed by atoms with van der Waals surface area (Å²) < 4.78 is 10.7. The molecule has 0 aliphatic heterocycles. The number of carbonyl (C=O) groups excluding carboxylic acids is 2. The maximum Gasteiger partial charge on any atom is 0.338 e. The number of thiophene rings is 2. The second-order valence-electron chi connectivity index (χ2n) is 6.79. The van der Waals surface area contributed by atoms with Gasteiger partial charge in [-0.25, -0.2) is 9.59 Å². The van der Waals surface area contributed by atoms with Gasteiger partial charge in [0.2, 0.25) is 0 Å². The molecule has 0 aromatic carbocycles. The minimum atomic E-state index is -0.276. The first-order valence-electron chi connectivity index (χ1n) is 10.2. The minimum Gasteiger partial charge on any atom is -0.462 e. The number of unbranched alkanes of at least 4 members (excludes halogenated alkanes) is 6. The molecule has 0 spiro atoms. The molecule has 2 aromatic heterocycles. The van der Waals surface area contributed by atoms with E-state index in [4.69, 9.17) is 9.47 Å². The molecular formula is C22H30O4S2. The molecule has 28 heavy (non-hydrogen) atoms. The van der Waals surface area contributed by atoms with E-state index in [1.165, 1.54) is 35.5 Å². The summed E-state index contributed by atoms with van der Waals surface area (Å²) in [5.74, 6) is -0.551. The van der Waals surface area contributed by atoms with Gasteiger partial charge in [0.05, 0.1) is 24.3 Å². The Hall–Kier alpha value is -1.66. The molecule has 0 amide bonds. The SMILES string of the molecule is CCCCCCOC(=O)c1csc(-c2cc(C(=O)OCCCCCC)cs2)c1. The van der Waals surface area contributed by atoms with Gasteiger partial charge >= 0.3 is 11.9 Å². The van der Waals surface area contributed by atoms with Crippen molar-refractivity contribution in [3.05, 3.63) is 34.0 Å². The van der Waals surface area contributed by atoms with Crippen LogP contribution in [0, 0.1) is 0 Å². The van der Waals surface area contributed by atoms with E-state index < -0.39 is 0 Å². The van der Waals surface area contributed by atoms with Crippen LogP contribution in [0.1, 0.15) is 85.9 Å². The Balaban J connectivity index is 1.83. The van der Waals surface area contributed by atoms with Crippen LogP contribution in [0.5, 0.6) is 0 Å². The smallest absolute Gasteiger partial charge is 0.338 e. The van der Waals surface area contributed by atoms with Crippen molar-refractivity contribution in [2.45, 2.75) is 65.2 Å². The van der Waals surface area contributed by atoms with Gasteiger partial charge in [0.1, 0.15) is 0 Å². The van der Waals surface area contributed by atoms with E-state index >= 15 is 0 Å². The molecular weight excluding hydrogens is 392 g/mol. The number of carbonyl (C=O) groups is 2. The van der Waals surface area contributed by atoms with Crippen molar-refractivity contribution in [3.8, 4) is 9.75 Å². The fraction of sp³-hybridized carbons (Fsp3) is 0.545. The molecule has 6 heteroatoms. The van der Waals surface area contributed by atoms with Crippen LogP contribution in [-0.4, -0.2) is 25.2 Å². The normalized spacial score (nSPS) is 10.8. The van der Waals surface area contributed by atoms with E-state index in [0.29, 0.717) is 24.3 Å². The monoisotopic (exact) mass is 422 g/mol. The van der Waals surface area contributed by atoms with Crippen LogP contribution in [0.3, 0.4) is 0 Å². The number of hydrogen-bond acceptors (Lipinski definition) is 6. The predicted octanol–water partition coefficient (Wildman–Crippen LogP) is 6.95. The predicted molar refractivity (Wildman–Crippen MR) is 116 cm³/mol. The second kappa shape index (κ2) is 12.7. The van der Waals surface area contributed by atoms with E-state index in [-0.39, 0.29) is 11.9 Å². The Morgan fingerprint density at radius 3 is 1.54 bits per heavy atom. The second-order valence-corrected chi connectivity index (χ2v) is 8.61. The molecule has 0 atom stereocenters. The van der Waals surface area contributed by atoms with Crippen molar-refractivity contribution in [1.29, 1.82) is 0 Å². The molecule has 2 aromatic rings. The zero-order chi connectivity index (χ0) is 20.2. The Morgan fingerprint density at radius 2 is 1.14 bits per heavy atom. The van der Waals surface area contributed by atoms with Crippen molar-refractivity contribution >= 4 is 34.6 Å². The topological polar surface area (TPSA) is 52.6 Å². The highest BCUT2D eigenvalue weighted by molar-refractivity contribution is 7.20. The van der Waals surface area contributed by atoms with Crippen LogP contribution in [-0.2, 0) is 9.47 Å². The largest absolute Gasteiger partial charge is 0.462 e. The first-order chi connectivity index (χ1) is 13.7. The Morgan fingerprint density at radius 1 is 0.714 bits per heavy atom. The molecule has 0 aliphatic carbocycles. The molecule has 0 bridgehead atoms. The van der Waals surface area contributed by atoms with E-state index in [9.17, 15) is 9.59 Å². The highest BCUT2D eigenvalue weighted by Crippen LogP contribution is 2.33. The molecule has 0 saturated carbocycles. The quantitative estimate of drug-likeness (QED) is 0.259. The average Bonchev–Trinajstić information content (AvgIpc) is 3.37. The lowest BCUT2D eigenvalue weighted by molar-refractivity contribution is 0.0489. The van der Waals surface area contributed by atoms with Gasteiger partial charge in [-0.1, -0.05) is 52.4 Å². The highest BCUT2D eigenvalue weighted by Gasteiger charge is 2.15. The van der Waals surface area contributed by atoms with Gasteiger partial charge in [-0.15, -0.1) is 22.7 Å². The van der Waals surface area contributed by atoms with Gasteiger partial charge in [0.25, 0.3) is 0 Å². The third kappa shape index (κ3) is 7.40. The number of esters is 2. The van der Waals surface area contributed by atoms with Gasteiger partial charge in [0.15, 0.2) is 0 Å². The molecule has 0 saturated heterocycles. The molecule has 2 heterocycles. The molecule has 0 N–H and O–H groups in total. The van der Waals surface area contributed by atoms with Crippen LogP contribution in [0.25, 0.3) is 9.75 Å². The fourth-order valence-corrected chi connectivity index (χ4v) is 4.56. The van der Waals surface area contributed by atoms with Crippen LogP contribution >= 0.6 is 22.7 Å². The standard InChI is InChI=1S/C22H30O4S2/c1-3-5-7-9-11-25-21(23)17-13-19(27-15-17)20-14-18(16-28-20)22(24)26-12-10-8-6-4-2/h13-16H,3-12H2,1-2H3. The molecule has 0 aliphatic rings. The average molecular weight is 423 g/mol. The third-order valence-electron chi connectivity index (χ3n) is 4.38. The van der Waals surface area contributed by atoms with Gasteiger partial charge < -0.3 is 9.47 Å². The summed E-state index contributed by atoms with van der Waals surface area (Å²) in [7, 11) is 0. The summed E-state index contributed by atoms with van der Waals surface area (Å²) >= 11 is 2.98. The molecule has 2 rings (SSSR count). The van der Waals surface area contributed by atoms with Crippen molar-refractivity contribution in [2.75, 3.05) is 13.2 Å². The number of ether oxygens (including phenoxy) is 2. The van der Waals surface area contributed by atoms with Crippen molar-refractivity contribution in [3.63, 3.8) is 0 Å². The first kappa shape index (κ1) is 22.6. The summed E-state index contributed by atoms with van der Waals surface area (Å²) in [6.45, 7) is 5.25. The lowest BCUT2D eigenvalue weighted by Crippen LogP contribution is -2.05. The Bertz CT molecular complexity index is 670. The molecule has 4 nitrogen and oxygen atoms in total. The highest BCUT2D eigenvalue weighted by atomic mass is 32.1. The summed E-state index contributed by atoms with van der Waals surface area (Å²) in [6, 6.07) is 3.68. The van der Waals surface area contributed by atoms with E-state index in [1.807, 2.05) is 22.9 Å². The van der Waals surface area contributed by atoms with Crippen LogP contribution in [0.4, 0.5) is 0 Å². The van der Waals surface area contributed by atoms with Crippen molar-refractivity contribution < 1.29 is 19.1 Å². The minimum absolute atomic E-state index is 0.276. The first-order valence-corrected chi connectivity index (χ1v) is 11.9. The van der Waals surface area contributed by atoms with Crippen LogP contribution < -0.4 is 0 Å². The zero-order valence-corrected chi connectivity index (χ0v) is 18.5. The summed E-state index contributed by atoms with van der Waals surface area (Å²) in [5, 5.41) is 3.63. The molecule has 154 valence electrons. The molecule has 0 fully saturated rings. The number of hydrogen-bond donors (Lipinski definition) is 0. The number of rotatable bonds is 13. The van der Waals surface area contributed by atoms with E-state index in [2.05, 4.69) is 13.8 Å². The lowest BCUT2D eigenvalue weighted by atomic mass is 10.2. The maximum absolute atomic E-state index is 12.1. The third-order valence-corrected chi connectivity index (χ3v) is 6.43. The van der Waals surface area contributed by atoms with Gasteiger partial charge in [-0.3, -0.25) is 0 Å². The summed E-state index contributed by atoms with van der Waals surface area (Å²) in [4.78, 5) is 26.2. The Kier molecular flexibility index (Phi) is 10.3. The fourth-order valence-electron chi connectivity index (χ4n) is 2.70.